The number of benzene rings is 2. The Labute approximate surface area is 162 Å². The van der Waals surface area contributed by atoms with Crippen LogP contribution in [0.25, 0.3) is 0 Å². The maximum absolute atomic E-state index is 11.5. The lowest BCUT2D eigenvalue weighted by Crippen LogP contribution is -2.31. The summed E-state index contributed by atoms with van der Waals surface area (Å²) in [6.45, 7) is 6.98. The van der Waals surface area contributed by atoms with Crippen LogP contribution in [0, 0.1) is 5.41 Å². The molecule has 2 aliphatic rings. The Hall–Kier alpha value is -3.22. The van der Waals surface area contributed by atoms with Gasteiger partial charge >= 0.3 is 5.97 Å². The summed E-state index contributed by atoms with van der Waals surface area (Å²) in [5.41, 5.74) is 6.36. The van der Waals surface area contributed by atoms with Gasteiger partial charge in [0, 0.05) is 11.1 Å². The summed E-state index contributed by atoms with van der Waals surface area (Å²) in [6.07, 6.45) is 0. The third-order valence-corrected chi connectivity index (χ3v) is 4.69. The van der Waals surface area contributed by atoms with Crippen molar-refractivity contribution in [1.82, 2.24) is 0 Å². The van der Waals surface area contributed by atoms with Crippen LogP contribution in [-0.4, -0.2) is 30.3 Å². The molecule has 3 N–H and O–H groups in total. The maximum atomic E-state index is 11.5. The molecule has 2 aromatic rings. The Bertz CT molecular complexity index is 993. The maximum Gasteiger partial charge on any atom is 0.335 e. The molecule has 1 spiro atoms. The number of nitrogens with two attached hydrogens (primary N) is 1. The number of hydrogen-bond donors (Lipinski definition) is 2. The van der Waals surface area contributed by atoms with Crippen LogP contribution >= 0.6 is 0 Å². The number of fused-ring (bicyclic) bond motifs is 4. The van der Waals surface area contributed by atoms with Crippen molar-refractivity contribution in [3.05, 3.63) is 53.1 Å². The molecule has 0 aliphatic carbocycles. The lowest BCUT2D eigenvalue weighted by molar-refractivity contribution is 0.0696. The first-order valence-electron chi connectivity index (χ1n) is 8.99. The Morgan fingerprint density at radius 2 is 1.89 bits per heavy atom. The summed E-state index contributed by atoms with van der Waals surface area (Å²) >= 11 is 0. The smallest absolute Gasteiger partial charge is 0.335 e. The first-order chi connectivity index (χ1) is 13.2. The van der Waals surface area contributed by atoms with E-state index in [0.717, 1.165) is 5.56 Å². The third-order valence-electron chi connectivity index (χ3n) is 4.69. The molecule has 0 radical (unpaired) electrons. The molecule has 28 heavy (non-hydrogen) atoms. The van der Waals surface area contributed by atoms with E-state index in [2.05, 4.69) is 25.8 Å². The van der Waals surface area contributed by atoms with Crippen molar-refractivity contribution < 1.29 is 24.1 Å². The van der Waals surface area contributed by atoms with Crippen molar-refractivity contribution in [3.8, 4) is 17.2 Å². The van der Waals surface area contributed by atoms with Crippen LogP contribution in [0.15, 0.2) is 41.4 Å². The number of aromatic carboxylic acids is 1. The number of carbonyl (C=O) groups is 1. The molecule has 146 valence electrons. The van der Waals surface area contributed by atoms with E-state index in [1.165, 1.54) is 6.07 Å². The molecule has 0 saturated heterocycles. The molecule has 0 unspecified atom stereocenters. The summed E-state index contributed by atoms with van der Waals surface area (Å²) in [5, 5.41) is 9.40. The second kappa shape index (κ2) is 6.15. The van der Waals surface area contributed by atoms with E-state index in [0.29, 0.717) is 29.4 Å². The second-order valence-electron chi connectivity index (χ2n) is 8.22. The van der Waals surface area contributed by atoms with Gasteiger partial charge in [-0.1, -0.05) is 20.8 Å². The number of ether oxygens (including phenoxy) is 3. The van der Waals surface area contributed by atoms with Gasteiger partial charge in [-0.05, 0) is 41.8 Å². The Kier molecular flexibility index (Phi) is 3.99. The minimum atomic E-state index is -1.03. The zero-order chi connectivity index (χ0) is 20.1. The number of rotatable bonds is 3. The highest BCUT2D eigenvalue weighted by Crippen LogP contribution is 2.51. The summed E-state index contributed by atoms with van der Waals surface area (Å²) in [6, 6.07) is 10.3. The topological polar surface area (TPSA) is 103 Å². The molecule has 4 rings (SSSR count). The second-order valence-corrected chi connectivity index (χ2v) is 8.22. The average molecular weight is 382 g/mol. The Morgan fingerprint density at radius 3 is 2.50 bits per heavy atom. The van der Waals surface area contributed by atoms with Crippen LogP contribution in [-0.2, 0) is 10.3 Å². The number of carboxylic acids is 1. The minimum Gasteiger partial charge on any atom is -0.493 e. The number of nitrogens with zero attached hydrogens (tertiary/aromatic N) is 1. The highest BCUT2D eigenvalue weighted by molar-refractivity contribution is 5.88. The van der Waals surface area contributed by atoms with Gasteiger partial charge in [0.1, 0.15) is 23.9 Å². The summed E-state index contributed by atoms with van der Waals surface area (Å²) in [7, 11) is 0. The predicted molar refractivity (Wildman–Crippen MR) is 103 cm³/mol. The van der Waals surface area contributed by atoms with E-state index in [9.17, 15) is 9.90 Å². The van der Waals surface area contributed by atoms with E-state index < -0.39 is 11.5 Å². The fraction of sp³-hybridized carbons (Fsp3) is 0.333. The van der Waals surface area contributed by atoms with Gasteiger partial charge in [0.15, 0.2) is 5.54 Å². The van der Waals surface area contributed by atoms with Crippen molar-refractivity contribution in [2.75, 3.05) is 13.2 Å². The number of carboxylic acid groups (broad SMARTS) is 1. The van der Waals surface area contributed by atoms with Crippen molar-refractivity contribution in [3.63, 3.8) is 0 Å². The van der Waals surface area contributed by atoms with Crippen molar-refractivity contribution in [2.24, 2.45) is 16.1 Å². The summed E-state index contributed by atoms with van der Waals surface area (Å²) < 4.78 is 17.5. The molecule has 7 heteroatoms. The van der Waals surface area contributed by atoms with Crippen LogP contribution in [0.1, 0.15) is 42.3 Å². The van der Waals surface area contributed by atoms with Crippen molar-refractivity contribution in [2.45, 2.75) is 26.3 Å². The zero-order valence-electron chi connectivity index (χ0n) is 16.0. The van der Waals surface area contributed by atoms with Gasteiger partial charge in [-0.25, -0.2) is 9.79 Å². The standard InChI is InChI=1S/C21H22N2O5/c1-20(2,3)10-26-13-5-7-17-15(9-13)21(11-27-19(22)23-21)14-8-12(18(24)25)4-6-16(14)28-17/h4-9H,10-11H2,1-3H3,(H2,22,23)(H,24,25)/t21-/m0/s1. The predicted octanol–water partition coefficient (Wildman–Crippen LogP) is 3.50. The molecule has 7 nitrogen and oxygen atoms in total. The molecule has 0 fully saturated rings. The number of hydrogen-bond acceptors (Lipinski definition) is 6. The van der Waals surface area contributed by atoms with Crippen LogP contribution in [0.3, 0.4) is 0 Å². The molecule has 0 bridgehead atoms. The van der Waals surface area contributed by atoms with E-state index in [-0.39, 0.29) is 23.6 Å². The average Bonchev–Trinajstić information content (AvgIpc) is 3.02. The first kappa shape index (κ1) is 18.2. The van der Waals surface area contributed by atoms with Gasteiger partial charge in [-0.15, -0.1) is 0 Å². The first-order valence-corrected chi connectivity index (χ1v) is 8.99. The molecular formula is C21H22N2O5. The van der Waals surface area contributed by atoms with E-state index in [1.54, 1.807) is 12.1 Å². The number of amidine groups is 1. The van der Waals surface area contributed by atoms with E-state index in [4.69, 9.17) is 19.9 Å². The zero-order valence-corrected chi connectivity index (χ0v) is 16.0. The molecule has 0 amide bonds. The van der Waals surface area contributed by atoms with Gasteiger partial charge in [0.25, 0.3) is 6.02 Å². The van der Waals surface area contributed by atoms with Gasteiger partial charge < -0.3 is 25.1 Å². The van der Waals surface area contributed by atoms with Gasteiger partial charge in [0.2, 0.25) is 0 Å². The molecule has 2 heterocycles. The Morgan fingerprint density at radius 1 is 1.21 bits per heavy atom. The quantitative estimate of drug-likeness (QED) is 0.842. The summed E-state index contributed by atoms with van der Waals surface area (Å²) in [5.74, 6) is 0.792. The van der Waals surface area contributed by atoms with Crippen molar-refractivity contribution >= 4 is 12.0 Å². The molecule has 1 atom stereocenters. The normalized spacial score (nSPS) is 19.9. The molecular weight excluding hydrogens is 360 g/mol. The van der Waals surface area contributed by atoms with Gasteiger partial charge in [-0.3, -0.25) is 0 Å². The van der Waals surface area contributed by atoms with Crippen LogP contribution in [0.4, 0.5) is 0 Å². The van der Waals surface area contributed by atoms with E-state index in [1.807, 2.05) is 18.2 Å². The molecule has 2 aromatic carbocycles. The summed E-state index contributed by atoms with van der Waals surface area (Å²) in [4.78, 5) is 16.0. The fourth-order valence-electron chi connectivity index (χ4n) is 3.36. The molecule has 0 saturated carbocycles. The SMILES string of the molecule is CC(C)(C)COc1ccc2c(c1)[C@]1(COC(N)=N1)c1cc(C(=O)O)ccc1O2. The van der Waals surface area contributed by atoms with Crippen molar-refractivity contribution in [1.29, 1.82) is 0 Å². The number of aliphatic imine (C=N–C) groups is 1. The van der Waals surface area contributed by atoms with Crippen LogP contribution in [0.2, 0.25) is 0 Å². The van der Waals surface area contributed by atoms with Gasteiger partial charge in [-0.2, -0.15) is 0 Å². The minimum absolute atomic E-state index is 0.00608. The molecule has 0 aromatic heterocycles. The lowest BCUT2D eigenvalue weighted by atomic mass is 9.80. The largest absolute Gasteiger partial charge is 0.493 e. The monoisotopic (exact) mass is 382 g/mol. The third kappa shape index (κ3) is 3.02. The van der Waals surface area contributed by atoms with Crippen LogP contribution < -0.4 is 15.2 Å². The highest BCUT2D eigenvalue weighted by Gasteiger charge is 2.47. The fourth-order valence-corrected chi connectivity index (χ4v) is 3.36. The Balaban J connectivity index is 1.84. The molecule has 2 aliphatic heterocycles. The van der Waals surface area contributed by atoms with Crippen LogP contribution in [0.5, 0.6) is 17.2 Å². The highest BCUT2D eigenvalue weighted by atomic mass is 16.5. The van der Waals surface area contributed by atoms with Gasteiger partial charge in [0.05, 0.1) is 12.2 Å². The van der Waals surface area contributed by atoms with E-state index >= 15 is 0 Å². The lowest BCUT2D eigenvalue weighted by Gasteiger charge is -2.34.